The fourth-order valence-corrected chi connectivity index (χ4v) is 4.36. The normalized spacial score (nSPS) is 20.6. The van der Waals surface area contributed by atoms with Gasteiger partial charge in [0.1, 0.15) is 6.04 Å². The fourth-order valence-electron chi connectivity index (χ4n) is 3.89. The summed E-state index contributed by atoms with van der Waals surface area (Å²) >= 11 is 7.38. The average molecular weight is 430 g/mol. The molecule has 2 heterocycles. The van der Waals surface area contributed by atoms with Crippen LogP contribution in [-0.4, -0.2) is 53.3 Å². The number of thioether (sulfide) groups is 1. The van der Waals surface area contributed by atoms with Crippen molar-refractivity contribution in [3.8, 4) is 11.1 Å². The van der Waals surface area contributed by atoms with Crippen molar-refractivity contribution in [1.29, 1.82) is 0 Å². The number of rotatable bonds is 4. The number of hydrogen-bond acceptors (Lipinski definition) is 4. The van der Waals surface area contributed by atoms with Crippen molar-refractivity contribution in [2.45, 2.75) is 18.5 Å². The maximum Gasteiger partial charge on any atom is 0.256 e. The lowest BCUT2D eigenvalue weighted by Gasteiger charge is -2.24. The number of fused-ring (bicyclic) bond motifs is 2. The third kappa shape index (κ3) is 3.84. The molecular formula is C21H20ClN3O3S. The molecule has 1 saturated heterocycles. The minimum absolute atomic E-state index is 0.128. The van der Waals surface area contributed by atoms with Gasteiger partial charge in [0, 0.05) is 11.6 Å². The molecule has 4 rings (SSSR count). The number of carbonyl (C=O) groups excluding carboxylic acids is 3. The number of amides is 3. The predicted molar refractivity (Wildman–Crippen MR) is 115 cm³/mol. The average Bonchev–Trinajstić information content (AvgIpc) is 3.07. The van der Waals surface area contributed by atoms with E-state index >= 15 is 0 Å². The van der Waals surface area contributed by atoms with Crippen LogP contribution < -0.4 is 10.6 Å². The molecule has 2 aliphatic heterocycles. The molecule has 150 valence electrons. The summed E-state index contributed by atoms with van der Waals surface area (Å²) in [6, 6.07) is 11.7. The minimum atomic E-state index is -0.709. The Morgan fingerprint density at radius 1 is 1.21 bits per heavy atom. The van der Waals surface area contributed by atoms with E-state index in [1.807, 2.05) is 24.5 Å². The van der Waals surface area contributed by atoms with E-state index in [1.54, 1.807) is 29.2 Å². The van der Waals surface area contributed by atoms with Gasteiger partial charge in [-0.05, 0) is 48.1 Å². The van der Waals surface area contributed by atoms with E-state index in [0.29, 0.717) is 35.0 Å². The number of anilines is 1. The van der Waals surface area contributed by atoms with E-state index in [4.69, 9.17) is 11.6 Å². The Bertz CT molecular complexity index is 980. The molecule has 2 aliphatic rings. The Hall–Kier alpha value is -2.51. The summed E-state index contributed by atoms with van der Waals surface area (Å²) < 4.78 is 0. The molecule has 8 heteroatoms. The fraction of sp³-hybridized carbons (Fsp3) is 0.286. The van der Waals surface area contributed by atoms with Gasteiger partial charge >= 0.3 is 0 Å². The minimum Gasteiger partial charge on any atom is -0.350 e. The molecule has 0 radical (unpaired) electrons. The second-order valence-corrected chi connectivity index (χ2v) is 8.40. The summed E-state index contributed by atoms with van der Waals surface area (Å²) in [5.41, 5.74) is 2.73. The van der Waals surface area contributed by atoms with Gasteiger partial charge in [-0.2, -0.15) is 11.8 Å². The molecule has 1 fully saturated rings. The van der Waals surface area contributed by atoms with E-state index in [-0.39, 0.29) is 23.8 Å². The zero-order chi connectivity index (χ0) is 20.5. The maximum atomic E-state index is 13.3. The van der Waals surface area contributed by atoms with Gasteiger partial charge in [-0.25, -0.2) is 0 Å². The summed E-state index contributed by atoms with van der Waals surface area (Å²) in [6.45, 7) is 0.422. The lowest BCUT2D eigenvalue weighted by Crippen LogP contribution is -2.51. The number of carbonyl (C=O) groups is 3. The van der Waals surface area contributed by atoms with E-state index < -0.39 is 6.04 Å². The highest BCUT2D eigenvalue weighted by atomic mass is 35.5. The molecule has 0 bridgehead atoms. The van der Waals surface area contributed by atoms with Crippen molar-refractivity contribution in [3.63, 3.8) is 0 Å². The van der Waals surface area contributed by atoms with Crippen molar-refractivity contribution < 1.29 is 14.4 Å². The Kier molecular flexibility index (Phi) is 5.52. The van der Waals surface area contributed by atoms with Gasteiger partial charge in [0.2, 0.25) is 11.8 Å². The van der Waals surface area contributed by atoms with Gasteiger partial charge in [0.05, 0.1) is 23.0 Å². The van der Waals surface area contributed by atoms with Crippen LogP contribution in [0.3, 0.4) is 0 Å². The quantitative estimate of drug-likeness (QED) is 0.783. The number of benzene rings is 2. The molecular weight excluding hydrogens is 410 g/mol. The zero-order valence-corrected chi connectivity index (χ0v) is 17.3. The van der Waals surface area contributed by atoms with E-state index in [1.165, 1.54) is 11.8 Å². The summed E-state index contributed by atoms with van der Waals surface area (Å²) in [7, 11) is 0. The molecule has 0 spiro atoms. The van der Waals surface area contributed by atoms with Gasteiger partial charge in [-0.1, -0.05) is 29.8 Å². The molecule has 2 N–H and O–H groups in total. The van der Waals surface area contributed by atoms with Gasteiger partial charge < -0.3 is 15.5 Å². The zero-order valence-electron chi connectivity index (χ0n) is 15.8. The molecule has 0 aliphatic carbocycles. The van der Waals surface area contributed by atoms with Gasteiger partial charge in [-0.15, -0.1) is 0 Å². The van der Waals surface area contributed by atoms with Crippen LogP contribution in [0.15, 0.2) is 42.5 Å². The molecule has 29 heavy (non-hydrogen) atoms. The van der Waals surface area contributed by atoms with E-state index in [2.05, 4.69) is 10.6 Å². The maximum absolute atomic E-state index is 13.3. The summed E-state index contributed by atoms with van der Waals surface area (Å²) in [6.07, 6.45) is 2.40. The third-order valence-electron chi connectivity index (χ3n) is 5.23. The highest BCUT2D eigenvalue weighted by molar-refractivity contribution is 7.99. The lowest BCUT2D eigenvalue weighted by atomic mass is 10.0. The second kappa shape index (κ2) is 8.08. The van der Waals surface area contributed by atoms with Crippen molar-refractivity contribution in [1.82, 2.24) is 10.2 Å². The molecule has 2 unspecified atom stereocenters. The largest absolute Gasteiger partial charge is 0.350 e. The lowest BCUT2D eigenvalue weighted by molar-refractivity contribution is -0.122. The smallest absolute Gasteiger partial charge is 0.256 e. The highest BCUT2D eigenvalue weighted by Crippen LogP contribution is 2.32. The van der Waals surface area contributed by atoms with Crippen molar-refractivity contribution in [2.75, 3.05) is 23.9 Å². The van der Waals surface area contributed by atoms with E-state index in [9.17, 15) is 14.4 Å². The van der Waals surface area contributed by atoms with Crippen LogP contribution in [0.25, 0.3) is 11.1 Å². The first-order chi connectivity index (χ1) is 14.0. The highest BCUT2D eigenvalue weighted by Gasteiger charge is 2.45. The predicted octanol–water partition coefficient (Wildman–Crippen LogP) is 3.02. The second-order valence-electron chi connectivity index (χ2n) is 7.10. The first-order valence-corrected chi connectivity index (χ1v) is 11.1. The van der Waals surface area contributed by atoms with Crippen LogP contribution in [0, 0.1) is 0 Å². The van der Waals surface area contributed by atoms with E-state index in [0.717, 1.165) is 11.1 Å². The standard InChI is InChI=1S/C21H20ClN3O3S/c1-29-11-18(26)23-17-8-9-25-19(17)20(27)24-16-7-4-13(10-15(16)21(25)28)12-2-5-14(22)6-3-12/h2-7,10,17,19H,8-9,11H2,1H3,(H,23,26)(H,24,27). The van der Waals surface area contributed by atoms with Crippen LogP contribution in [0.1, 0.15) is 16.8 Å². The topological polar surface area (TPSA) is 78.5 Å². The number of hydrogen-bond donors (Lipinski definition) is 2. The summed E-state index contributed by atoms with van der Waals surface area (Å²) in [4.78, 5) is 39.7. The summed E-state index contributed by atoms with van der Waals surface area (Å²) in [5.74, 6) is -0.288. The third-order valence-corrected chi connectivity index (χ3v) is 6.04. The van der Waals surface area contributed by atoms with Gasteiger partial charge in [-0.3, -0.25) is 14.4 Å². The number of nitrogens with zero attached hydrogens (tertiary/aromatic N) is 1. The summed E-state index contributed by atoms with van der Waals surface area (Å²) in [5, 5.41) is 6.41. The molecule has 2 aromatic rings. The Labute approximate surface area is 178 Å². The molecule has 0 saturated carbocycles. The molecule has 3 amide bonds. The van der Waals surface area contributed by atoms with Crippen molar-refractivity contribution in [2.24, 2.45) is 0 Å². The number of nitrogens with one attached hydrogen (secondary N) is 2. The van der Waals surface area contributed by atoms with Crippen LogP contribution in [0.5, 0.6) is 0 Å². The monoisotopic (exact) mass is 429 g/mol. The van der Waals surface area contributed by atoms with Crippen LogP contribution in [0.2, 0.25) is 5.02 Å². The Balaban J connectivity index is 1.64. The molecule has 6 nitrogen and oxygen atoms in total. The SMILES string of the molecule is CSCC(=O)NC1CCN2C(=O)c3cc(-c4ccc(Cl)cc4)ccc3NC(=O)C12. The van der Waals surface area contributed by atoms with Crippen LogP contribution in [-0.2, 0) is 9.59 Å². The van der Waals surface area contributed by atoms with Crippen LogP contribution >= 0.6 is 23.4 Å². The van der Waals surface area contributed by atoms with Gasteiger partial charge in [0.25, 0.3) is 5.91 Å². The van der Waals surface area contributed by atoms with Crippen LogP contribution in [0.4, 0.5) is 5.69 Å². The molecule has 0 aromatic heterocycles. The first kappa shape index (κ1) is 19.8. The number of halogens is 1. The Morgan fingerprint density at radius 3 is 2.66 bits per heavy atom. The first-order valence-electron chi connectivity index (χ1n) is 9.28. The van der Waals surface area contributed by atoms with Crippen molar-refractivity contribution >= 4 is 46.8 Å². The molecule has 2 aromatic carbocycles. The van der Waals surface area contributed by atoms with Gasteiger partial charge in [0.15, 0.2) is 0 Å². The Morgan fingerprint density at radius 2 is 1.93 bits per heavy atom. The van der Waals surface area contributed by atoms with Crippen molar-refractivity contribution in [3.05, 3.63) is 53.1 Å². The molecule has 2 atom stereocenters.